The molecule has 0 aliphatic carbocycles. The fourth-order valence-electron chi connectivity index (χ4n) is 1.75. The molecule has 1 heterocycles. The fourth-order valence-corrected chi connectivity index (χ4v) is 2.99. The van der Waals surface area contributed by atoms with Gasteiger partial charge >= 0.3 is 0 Å². The number of hydrogen-bond acceptors (Lipinski definition) is 5. The van der Waals surface area contributed by atoms with Gasteiger partial charge in [-0.2, -0.15) is 0 Å². The Balaban J connectivity index is 1.94. The lowest BCUT2D eigenvalue weighted by molar-refractivity contribution is -0.122. The van der Waals surface area contributed by atoms with Crippen molar-refractivity contribution < 1.29 is 9.53 Å². The highest BCUT2D eigenvalue weighted by Crippen LogP contribution is 2.27. The van der Waals surface area contributed by atoms with Crippen molar-refractivity contribution in [1.29, 1.82) is 0 Å². The molecule has 1 atom stereocenters. The summed E-state index contributed by atoms with van der Waals surface area (Å²) in [5.74, 6) is 0.659. The second-order valence-electron chi connectivity index (χ2n) is 5.42. The molecule has 0 aliphatic rings. The van der Waals surface area contributed by atoms with Crippen molar-refractivity contribution in [3.05, 3.63) is 33.3 Å². The summed E-state index contributed by atoms with van der Waals surface area (Å²) in [5, 5.41) is 12.9. The van der Waals surface area contributed by atoms with Crippen LogP contribution in [0.25, 0.3) is 0 Å². The van der Waals surface area contributed by atoms with Crippen molar-refractivity contribution in [1.82, 2.24) is 10.2 Å². The van der Waals surface area contributed by atoms with E-state index in [9.17, 15) is 4.79 Å². The number of carbonyl (C=O) groups is 1. The lowest BCUT2D eigenvalue weighted by atomic mass is 10.1. The molecule has 1 aromatic carbocycles. The first-order valence-corrected chi connectivity index (χ1v) is 8.67. The molecule has 1 N–H and O–H groups in total. The number of nitrogens with one attached hydrogen (secondary N) is 1. The van der Waals surface area contributed by atoms with Crippen molar-refractivity contribution in [3.8, 4) is 5.75 Å². The molecule has 1 amide bonds. The third-order valence-electron chi connectivity index (χ3n) is 2.85. The maximum Gasteiger partial charge on any atom is 0.266 e. The second kappa shape index (κ2) is 7.95. The summed E-state index contributed by atoms with van der Waals surface area (Å²) >= 11 is 13.1. The van der Waals surface area contributed by atoms with Gasteiger partial charge in [-0.05, 0) is 25.0 Å². The molecule has 1 aromatic heterocycles. The van der Waals surface area contributed by atoms with E-state index in [2.05, 4.69) is 29.4 Å². The zero-order valence-electron chi connectivity index (χ0n) is 13.0. The number of carbonyl (C=O) groups excluding carboxylic acids is 1. The number of aromatic nitrogens is 2. The third-order valence-corrected chi connectivity index (χ3v) is 4.45. The Morgan fingerprint density at radius 2 is 2.00 bits per heavy atom. The van der Waals surface area contributed by atoms with Gasteiger partial charge in [0.2, 0.25) is 5.13 Å². The van der Waals surface area contributed by atoms with Gasteiger partial charge in [-0.1, -0.05) is 48.4 Å². The van der Waals surface area contributed by atoms with Gasteiger partial charge in [0.1, 0.15) is 10.8 Å². The number of halogens is 2. The number of nitrogens with zero attached hydrogens (tertiary/aromatic N) is 2. The summed E-state index contributed by atoms with van der Waals surface area (Å²) in [6.45, 7) is 5.85. The van der Waals surface area contributed by atoms with Crippen LogP contribution in [0.15, 0.2) is 18.2 Å². The fraction of sp³-hybridized carbons (Fsp3) is 0.400. The third kappa shape index (κ3) is 5.34. The molecule has 23 heavy (non-hydrogen) atoms. The molecule has 8 heteroatoms. The minimum absolute atomic E-state index is 0.302. The van der Waals surface area contributed by atoms with Crippen molar-refractivity contribution in [2.24, 2.45) is 5.92 Å². The summed E-state index contributed by atoms with van der Waals surface area (Å²) in [5.41, 5.74) is 0. The molecule has 2 rings (SSSR count). The largest absolute Gasteiger partial charge is 0.481 e. The van der Waals surface area contributed by atoms with Crippen molar-refractivity contribution in [3.63, 3.8) is 0 Å². The van der Waals surface area contributed by atoms with E-state index in [0.717, 1.165) is 11.4 Å². The minimum atomic E-state index is -0.704. The topological polar surface area (TPSA) is 64.1 Å². The Hall–Kier alpha value is -1.37. The maximum absolute atomic E-state index is 12.1. The average Bonchev–Trinajstić information content (AvgIpc) is 2.89. The highest BCUT2D eigenvalue weighted by atomic mass is 35.5. The Bertz CT molecular complexity index is 691. The molecule has 2 aromatic rings. The van der Waals surface area contributed by atoms with E-state index in [1.807, 2.05) is 0 Å². The van der Waals surface area contributed by atoms with Crippen LogP contribution in [0.4, 0.5) is 5.13 Å². The number of ether oxygens (including phenoxy) is 1. The molecule has 0 saturated heterocycles. The van der Waals surface area contributed by atoms with Crippen LogP contribution < -0.4 is 10.1 Å². The highest BCUT2D eigenvalue weighted by Gasteiger charge is 2.17. The monoisotopic (exact) mass is 373 g/mol. The first-order chi connectivity index (χ1) is 10.8. The SMILES string of the molecule is CC(C)Cc1nnc(NC(=O)C(C)Oc2ccc(Cl)c(Cl)c2)s1. The number of hydrogen-bond donors (Lipinski definition) is 1. The molecule has 0 radical (unpaired) electrons. The number of anilines is 1. The molecule has 0 saturated carbocycles. The summed E-state index contributed by atoms with van der Waals surface area (Å²) < 4.78 is 5.56. The van der Waals surface area contributed by atoms with Crippen molar-refractivity contribution >= 4 is 45.6 Å². The predicted molar refractivity (Wildman–Crippen MR) is 93.6 cm³/mol. The normalized spacial score (nSPS) is 12.3. The van der Waals surface area contributed by atoms with E-state index in [4.69, 9.17) is 27.9 Å². The van der Waals surface area contributed by atoms with Crippen LogP contribution in [0.1, 0.15) is 25.8 Å². The van der Waals surface area contributed by atoms with Gasteiger partial charge in [0.05, 0.1) is 10.0 Å². The predicted octanol–water partition coefficient (Wildman–Crippen LogP) is 4.45. The number of rotatable bonds is 6. The first-order valence-electron chi connectivity index (χ1n) is 7.10. The lowest BCUT2D eigenvalue weighted by Crippen LogP contribution is -2.30. The van der Waals surface area contributed by atoms with E-state index in [1.54, 1.807) is 25.1 Å². The van der Waals surface area contributed by atoms with Gasteiger partial charge in [0, 0.05) is 12.5 Å². The first kappa shape index (κ1) is 18.0. The van der Waals surface area contributed by atoms with Crippen LogP contribution in [0.5, 0.6) is 5.75 Å². The smallest absolute Gasteiger partial charge is 0.266 e. The summed E-state index contributed by atoms with van der Waals surface area (Å²) in [6, 6.07) is 4.84. The van der Waals surface area contributed by atoms with Gasteiger partial charge in [-0.3, -0.25) is 10.1 Å². The van der Waals surface area contributed by atoms with E-state index >= 15 is 0 Å². The standard InChI is InChI=1S/C15H17Cl2N3O2S/c1-8(2)6-13-19-20-15(23-13)18-14(21)9(3)22-10-4-5-11(16)12(17)7-10/h4-5,7-9H,6H2,1-3H3,(H,18,20,21). The quantitative estimate of drug-likeness (QED) is 0.812. The lowest BCUT2D eigenvalue weighted by Gasteiger charge is -2.13. The van der Waals surface area contributed by atoms with Crippen molar-refractivity contribution in [2.45, 2.75) is 33.3 Å². The van der Waals surface area contributed by atoms with Crippen molar-refractivity contribution in [2.75, 3.05) is 5.32 Å². The minimum Gasteiger partial charge on any atom is -0.481 e. The highest BCUT2D eigenvalue weighted by molar-refractivity contribution is 7.15. The van der Waals surface area contributed by atoms with Gasteiger partial charge in [0.25, 0.3) is 5.91 Å². The zero-order chi connectivity index (χ0) is 17.0. The zero-order valence-corrected chi connectivity index (χ0v) is 15.3. The van der Waals surface area contributed by atoms with Crippen LogP contribution in [0.3, 0.4) is 0 Å². The van der Waals surface area contributed by atoms with Crippen LogP contribution in [0.2, 0.25) is 10.0 Å². The van der Waals surface area contributed by atoms with Crippen LogP contribution in [-0.4, -0.2) is 22.2 Å². The molecule has 0 spiro atoms. The molecule has 5 nitrogen and oxygen atoms in total. The Labute approximate surface area is 149 Å². The van der Waals surface area contributed by atoms with Gasteiger partial charge < -0.3 is 4.74 Å². The van der Waals surface area contributed by atoms with Gasteiger partial charge in [-0.15, -0.1) is 10.2 Å². The second-order valence-corrected chi connectivity index (χ2v) is 7.30. The van der Waals surface area contributed by atoms with E-state index < -0.39 is 6.10 Å². The molecule has 0 bridgehead atoms. The molecular formula is C15H17Cl2N3O2S. The molecule has 1 unspecified atom stereocenters. The number of benzene rings is 1. The molecule has 124 valence electrons. The van der Waals surface area contributed by atoms with E-state index in [1.165, 1.54) is 11.3 Å². The van der Waals surface area contributed by atoms with Crippen LogP contribution in [0, 0.1) is 5.92 Å². The maximum atomic E-state index is 12.1. The molecule has 0 fully saturated rings. The Kier molecular flexibility index (Phi) is 6.21. The summed E-state index contributed by atoms with van der Waals surface area (Å²) in [7, 11) is 0. The van der Waals surface area contributed by atoms with Gasteiger partial charge in [0.15, 0.2) is 6.10 Å². The summed E-state index contributed by atoms with van der Waals surface area (Å²) in [4.78, 5) is 12.1. The van der Waals surface area contributed by atoms with E-state index in [-0.39, 0.29) is 5.91 Å². The molecule has 0 aliphatic heterocycles. The molecular weight excluding hydrogens is 357 g/mol. The Morgan fingerprint density at radius 1 is 1.26 bits per heavy atom. The Morgan fingerprint density at radius 3 is 2.65 bits per heavy atom. The van der Waals surface area contributed by atoms with E-state index in [0.29, 0.717) is 26.8 Å². The number of amides is 1. The average molecular weight is 374 g/mol. The van der Waals surface area contributed by atoms with Gasteiger partial charge in [-0.25, -0.2) is 0 Å². The summed E-state index contributed by atoms with van der Waals surface area (Å²) in [6.07, 6.45) is 0.132. The van der Waals surface area contributed by atoms with Crippen LogP contribution >= 0.6 is 34.5 Å². The van der Waals surface area contributed by atoms with Crippen LogP contribution in [-0.2, 0) is 11.2 Å².